The number of amides is 1. The van der Waals surface area contributed by atoms with E-state index in [1.54, 1.807) is 24.3 Å². The third kappa shape index (κ3) is 5.90. The Kier molecular flexibility index (Phi) is 5.85. The molecule has 0 saturated heterocycles. The summed E-state index contributed by atoms with van der Waals surface area (Å²) in [6.07, 6.45) is 0.573. The quantitative estimate of drug-likeness (QED) is 0.743. The zero-order valence-corrected chi connectivity index (χ0v) is 11.2. The maximum Gasteiger partial charge on any atom is 0.303 e. The first kappa shape index (κ1) is 15.0. The van der Waals surface area contributed by atoms with Crippen molar-refractivity contribution < 1.29 is 19.4 Å². The number of nitrogens with one attached hydrogen (secondary N) is 1. The molecule has 104 valence electrons. The highest BCUT2D eigenvalue weighted by Gasteiger charge is 2.06. The van der Waals surface area contributed by atoms with Gasteiger partial charge in [0.1, 0.15) is 5.75 Å². The molecule has 0 saturated carbocycles. The number of carbonyl (C=O) groups is 2. The summed E-state index contributed by atoms with van der Waals surface area (Å²) in [6.45, 7) is 4.02. The van der Waals surface area contributed by atoms with Gasteiger partial charge in [-0.05, 0) is 30.7 Å². The number of ether oxygens (including phenoxy) is 1. The highest BCUT2D eigenvalue weighted by Crippen LogP contribution is 2.16. The van der Waals surface area contributed by atoms with Crippen molar-refractivity contribution in [2.75, 3.05) is 11.9 Å². The zero-order valence-electron chi connectivity index (χ0n) is 11.2. The average Bonchev–Trinajstić information content (AvgIpc) is 2.36. The number of benzene rings is 1. The van der Waals surface area contributed by atoms with Crippen molar-refractivity contribution in [3.63, 3.8) is 0 Å². The summed E-state index contributed by atoms with van der Waals surface area (Å²) >= 11 is 0. The van der Waals surface area contributed by atoms with E-state index in [1.807, 2.05) is 13.8 Å². The Balaban J connectivity index is 2.39. The lowest BCUT2D eigenvalue weighted by Crippen LogP contribution is -2.17. The molecule has 0 aliphatic carbocycles. The van der Waals surface area contributed by atoms with Crippen LogP contribution in [0.5, 0.6) is 5.75 Å². The Labute approximate surface area is 112 Å². The van der Waals surface area contributed by atoms with Crippen LogP contribution in [0, 0.1) is 5.92 Å². The van der Waals surface area contributed by atoms with Crippen molar-refractivity contribution in [1.29, 1.82) is 0 Å². The Morgan fingerprint density at radius 3 is 2.42 bits per heavy atom. The largest absolute Gasteiger partial charge is 0.494 e. The summed E-state index contributed by atoms with van der Waals surface area (Å²) in [7, 11) is 0. The van der Waals surface area contributed by atoms with Crippen LogP contribution in [0.1, 0.15) is 26.7 Å². The smallest absolute Gasteiger partial charge is 0.303 e. The fourth-order valence-electron chi connectivity index (χ4n) is 1.33. The van der Waals surface area contributed by atoms with Crippen LogP contribution in [0.25, 0.3) is 0 Å². The Hall–Kier alpha value is -2.04. The molecule has 1 rings (SSSR count). The molecular weight excluding hydrogens is 246 g/mol. The molecule has 5 nitrogen and oxygen atoms in total. The van der Waals surface area contributed by atoms with E-state index < -0.39 is 5.97 Å². The normalized spacial score (nSPS) is 10.3. The SMILES string of the molecule is CC(C)C(=O)Nc1ccc(OCCCC(=O)O)cc1. The first-order valence-corrected chi connectivity index (χ1v) is 6.24. The fourth-order valence-corrected chi connectivity index (χ4v) is 1.33. The molecule has 0 spiro atoms. The van der Waals surface area contributed by atoms with E-state index in [0.717, 1.165) is 5.69 Å². The maximum absolute atomic E-state index is 11.5. The van der Waals surface area contributed by atoms with Gasteiger partial charge in [-0.25, -0.2) is 0 Å². The lowest BCUT2D eigenvalue weighted by atomic mass is 10.2. The number of anilines is 1. The number of carbonyl (C=O) groups excluding carboxylic acids is 1. The van der Waals surface area contributed by atoms with Crippen molar-refractivity contribution in [1.82, 2.24) is 0 Å². The average molecular weight is 265 g/mol. The molecule has 0 aromatic heterocycles. The summed E-state index contributed by atoms with van der Waals surface area (Å²) in [4.78, 5) is 21.8. The van der Waals surface area contributed by atoms with Gasteiger partial charge in [-0.1, -0.05) is 13.8 Å². The molecule has 0 bridgehead atoms. The zero-order chi connectivity index (χ0) is 14.3. The first-order chi connectivity index (χ1) is 8.99. The van der Waals surface area contributed by atoms with E-state index >= 15 is 0 Å². The predicted molar refractivity (Wildman–Crippen MR) is 72.3 cm³/mol. The van der Waals surface area contributed by atoms with Crippen molar-refractivity contribution >= 4 is 17.6 Å². The van der Waals surface area contributed by atoms with Crippen LogP contribution in [0.3, 0.4) is 0 Å². The number of aliphatic carboxylic acids is 1. The number of hydrogen-bond acceptors (Lipinski definition) is 3. The number of hydrogen-bond donors (Lipinski definition) is 2. The Morgan fingerprint density at radius 2 is 1.89 bits per heavy atom. The minimum atomic E-state index is -0.824. The lowest BCUT2D eigenvalue weighted by molar-refractivity contribution is -0.137. The first-order valence-electron chi connectivity index (χ1n) is 6.24. The van der Waals surface area contributed by atoms with Crippen molar-refractivity contribution in [3.05, 3.63) is 24.3 Å². The number of carboxylic acid groups (broad SMARTS) is 1. The van der Waals surface area contributed by atoms with Gasteiger partial charge in [0.15, 0.2) is 0 Å². The second-order valence-electron chi connectivity index (χ2n) is 4.51. The van der Waals surface area contributed by atoms with Crippen LogP contribution < -0.4 is 10.1 Å². The molecule has 0 atom stereocenters. The van der Waals surface area contributed by atoms with Crippen molar-refractivity contribution in [2.45, 2.75) is 26.7 Å². The third-order valence-electron chi connectivity index (χ3n) is 2.45. The van der Waals surface area contributed by atoms with Crippen LogP contribution in [0.2, 0.25) is 0 Å². The summed E-state index contributed by atoms with van der Waals surface area (Å²) in [5, 5.41) is 11.3. The van der Waals surface area contributed by atoms with E-state index in [4.69, 9.17) is 9.84 Å². The van der Waals surface area contributed by atoms with Gasteiger partial charge in [-0.2, -0.15) is 0 Å². The molecule has 0 aliphatic rings. The van der Waals surface area contributed by atoms with Gasteiger partial charge in [0.25, 0.3) is 0 Å². The molecule has 0 unspecified atom stereocenters. The van der Waals surface area contributed by atoms with Gasteiger partial charge in [0, 0.05) is 18.0 Å². The van der Waals surface area contributed by atoms with E-state index in [0.29, 0.717) is 18.8 Å². The molecule has 1 aromatic rings. The molecule has 0 heterocycles. The highest BCUT2D eigenvalue weighted by atomic mass is 16.5. The minimum Gasteiger partial charge on any atom is -0.494 e. The number of rotatable bonds is 7. The van der Waals surface area contributed by atoms with Gasteiger partial charge >= 0.3 is 5.97 Å². The van der Waals surface area contributed by atoms with E-state index in [1.165, 1.54) is 0 Å². The molecule has 0 aliphatic heterocycles. The molecule has 0 radical (unpaired) electrons. The third-order valence-corrected chi connectivity index (χ3v) is 2.45. The van der Waals surface area contributed by atoms with Gasteiger partial charge in [-0.3, -0.25) is 9.59 Å². The maximum atomic E-state index is 11.5. The Bertz CT molecular complexity index is 426. The monoisotopic (exact) mass is 265 g/mol. The van der Waals surface area contributed by atoms with Gasteiger partial charge in [0.2, 0.25) is 5.91 Å². The van der Waals surface area contributed by atoms with Crippen LogP contribution in [0.4, 0.5) is 5.69 Å². The molecule has 1 aromatic carbocycles. The van der Waals surface area contributed by atoms with Crippen molar-refractivity contribution in [3.8, 4) is 5.75 Å². The molecule has 2 N–H and O–H groups in total. The summed E-state index contributed by atoms with van der Waals surface area (Å²) < 4.78 is 5.39. The molecule has 19 heavy (non-hydrogen) atoms. The second kappa shape index (κ2) is 7.41. The van der Waals surface area contributed by atoms with Crippen LogP contribution >= 0.6 is 0 Å². The van der Waals surface area contributed by atoms with Crippen LogP contribution in [0.15, 0.2) is 24.3 Å². The predicted octanol–water partition coefficient (Wildman–Crippen LogP) is 2.52. The fraction of sp³-hybridized carbons (Fsp3) is 0.429. The summed E-state index contributed by atoms with van der Waals surface area (Å²) in [6, 6.07) is 7.01. The summed E-state index contributed by atoms with van der Waals surface area (Å²) in [5.74, 6) is -0.259. The molecule has 0 fully saturated rings. The second-order valence-corrected chi connectivity index (χ2v) is 4.51. The van der Waals surface area contributed by atoms with E-state index in [2.05, 4.69) is 5.32 Å². The standard InChI is InChI=1S/C14H19NO4/c1-10(2)14(18)15-11-5-7-12(8-6-11)19-9-3-4-13(16)17/h5-8,10H,3-4,9H2,1-2H3,(H,15,18)(H,16,17). The van der Waals surface area contributed by atoms with Crippen LogP contribution in [-0.4, -0.2) is 23.6 Å². The van der Waals surface area contributed by atoms with E-state index in [-0.39, 0.29) is 18.2 Å². The lowest BCUT2D eigenvalue weighted by Gasteiger charge is -2.09. The molecule has 1 amide bonds. The molecular formula is C14H19NO4. The topological polar surface area (TPSA) is 75.6 Å². The Morgan fingerprint density at radius 1 is 1.26 bits per heavy atom. The highest BCUT2D eigenvalue weighted by molar-refractivity contribution is 5.92. The minimum absolute atomic E-state index is 0.0323. The number of carboxylic acids is 1. The molecule has 5 heteroatoms. The van der Waals surface area contributed by atoms with Gasteiger partial charge in [-0.15, -0.1) is 0 Å². The van der Waals surface area contributed by atoms with Crippen molar-refractivity contribution in [2.24, 2.45) is 5.92 Å². The van der Waals surface area contributed by atoms with Gasteiger partial charge in [0.05, 0.1) is 6.61 Å². The van der Waals surface area contributed by atoms with Gasteiger partial charge < -0.3 is 15.2 Å². The van der Waals surface area contributed by atoms with E-state index in [9.17, 15) is 9.59 Å². The summed E-state index contributed by atoms with van der Waals surface area (Å²) in [5.41, 5.74) is 0.719. The van der Waals surface area contributed by atoms with Crippen LogP contribution in [-0.2, 0) is 9.59 Å².